The summed E-state index contributed by atoms with van der Waals surface area (Å²) in [7, 11) is 1.71. The van der Waals surface area contributed by atoms with E-state index in [1.54, 1.807) is 7.11 Å². The Labute approximate surface area is 108 Å². The van der Waals surface area contributed by atoms with Gasteiger partial charge in [-0.15, -0.1) is 0 Å². The molecule has 16 heavy (non-hydrogen) atoms. The van der Waals surface area contributed by atoms with Gasteiger partial charge in [0.15, 0.2) is 5.11 Å². The van der Waals surface area contributed by atoms with Gasteiger partial charge in [0, 0.05) is 36.7 Å². The van der Waals surface area contributed by atoms with E-state index in [1.165, 1.54) is 0 Å². The Hall–Kier alpha value is 0. The van der Waals surface area contributed by atoms with Gasteiger partial charge in [0.1, 0.15) is 0 Å². The molecule has 1 aliphatic rings. The number of rotatable bonds is 3. The molecule has 1 unspecified atom stereocenters. The molecule has 0 bridgehead atoms. The second-order valence-corrected chi connectivity index (χ2v) is 7.02. The van der Waals surface area contributed by atoms with Crippen LogP contribution in [0.4, 0.5) is 0 Å². The summed E-state index contributed by atoms with van der Waals surface area (Å²) >= 11 is 7.43. The predicted molar refractivity (Wildman–Crippen MR) is 75.2 cm³/mol. The fourth-order valence-electron chi connectivity index (χ4n) is 1.78. The van der Waals surface area contributed by atoms with E-state index in [9.17, 15) is 0 Å². The fourth-order valence-corrected chi connectivity index (χ4v) is 3.25. The molecule has 0 radical (unpaired) electrons. The van der Waals surface area contributed by atoms with E-state index in [4.69, 9.17) is 17.0 Å². The number of hydrogen-bond donors (Lipinski definition) is 1. The highest BCUT2D eigenvalue weighted by atomic mass is 32.2. The van der Waals surface area contributed by atoms with Crippen LogP contribution in [0.15, 0.2) is 0 Å². The Kier molecular flexibility index (Phi) is 5.34. The number of thiocarbonyl (C=S) groups is 1. The van der Waals surface area contributed by atoms with Crippen LogP contribution in [0.5, 0.6) is 0 Å². The van der Waals surface area contributed by atoms with Crippen LogP contribution in [0.25, 0.3) is 0 Å². The van der Waals surface area contributed by atoms with Crippen molar-refractivity contribution in [3.05, 3.63) is 0 Å². The minimum absolute atomic E-state index is 0.273. The van der Waals surface area contributed by atoms with E-state index < -0.39 is 0 Å². The Morgan fingerprint density at radius 2 is 2.31 bits per heavy atom. The summed E-state index contributed by atoms with van der Waals surface area (Å²) in [6.07, 6.45) is 0. The van der Waals surface area contributed by atoms with Crippen molar-refractivity contribution in [3.63, 3.8) is 0 Å². The number of hydrogen-bond acceptors (Lipinski definition) is 3. The first kappa shape index (κ1) is 14.1. The van der Waals surface area contributed by atoms with E-state index >= 15 is 0 Å². The van der Waals surface area contributed by atoms with Crippen LogP contribution in [0, 0.1) is 0 Å². The van der Waals surface area contributed by atoms with Gasteiger partial charge >= 0.3 is 0 Å². The molecule has 0 aromatic rings. The van der Waals surface area contributed by atoms with Gasteiger partial charge in [-0.3, -0.25) is 0 Å². The first-order valence-electron chi connectivity index (χ1n) is 5.63. The Morgan fingerprint density at radius 3 is 2.88 bits per heavy atom. The number of ether oxygens (including phenoxy) is 1. The molecule has 1 fully saturated rings. The lowest BCUT2D eigenvalue weighted by atomic mass is 10.2. The third-order valence-electron chi connectivity index (χ3n) is 2.50. The average Bonchev–Trinajstić information content (AvgIpc) is 2.16. The molecule has 1 N–H and O–H groups in total. The molecular formula is C11H22N2OS2. The first-order chi connectivity index (χ1) is 7.44. The van der Waals surface area contributed by atoms with Crippen LogP contribution in [0.1, 0.15) is 20.8 Å². The van der Waals surface area contributed by atoms with Gasteiger partial charge in [-0.1, -0.05) is 0 Å². The molecule has 0 amide bonds. The number of thioether (sulfide) groups is 1. The van der Waals surface area contributed by atoms with Crippen LogP contribution in [-0.2, 0) is 4.74 Å². The highest BCUT2D eigenvalue weighted by Crippen LogP contribution is 2.29. The molecule has 1 aliphatic heterocycles. The maximum atomic E-state index is 5.42. The predicted octanol–water partition coefficient (Wildman–Crippen LogP) is 1.72. The number of methoxy groups -OCH3 is 1. The quantitative estimate of drug-likeness (QED) is 0.781. The molecule has 1 atom stereocenters. The van der Waals surface area contributed by atoms with E-state index in [1.807, 2.05) is 11.8 Å². The molecule has 1 heterocycles. The lowest BCUT2D eigenvalue weighted by Crippen LogP contribution is -2.52. The maximum Gasteiger partial charge on any atom is 0.169 e. The smallest absolute Gasteiger partial charge is 0.169 e. The second-order valence-electron chi connectivity index (χ2n) is 4.84. The summed E-state index contributed by atoms with van der Waals surface area (Å²) in [6.45, 7) is 9.37. The van der Waals surface area contributed by atoms with Gasteiger partial charge in [0.2, 0.25) is 0 Å². The summed E-state index contributed by atoms with van der Waals surface area (Å²) in [4.78, 5) is 2.26. The van der Waals surface area contributed by atoms with Gasteiger partial charge in [-0.2, -0.15) is 11.8 Å². The Bertz CT molecular complexity index is 246. The summed E-state index contributed by atoms with van der Waals surface area (Å²) in [6, 6.07) is 0.273. The van der Waals surface area contributed by atoms with Crippen molar-refractivity contribution in [2.75, 3.05) is 32.6 Å². The van der Waals surface area contributed by atoms with Crippen LogP contribution in [-0.4, -0.2) is 53.4 Å². The molecule has 0 spiro atoms. The maximum absolute atomic E-state index is 5.42. The number of nitrogens with one attached hydrogen (secondary N) is 1. The van der Waals surface area contributed by atoms with Crippen molar-refractivity contribution >= 4 is 29.1 Å². The van der Waals surface area contributed by atoms with Crippen molar-refractivity contribution in [2.45, 2.75) is 31.6 Å². The van der Waals surface area contributed by atoms with Crippen LogP contribution < -0.4 is 5.32 Å². The molecule has 5 heteroatoms. The van der Waals surface area contributed by atoms with E-state index in [-0.39, 0.29) is 6.04 Å². The van der Waals surface area contributed by atoms with Gasteiger partial charge in [-0.25, -0.2) is 0 Å². The summed E-state index contributed by atoms with van der Waals surface area (Å²) in [5, 5.41) is 4.17. The Balaban J connectivity index is 2.41. The topological polar surface area (TPSA) is 24.5 Å². The van der Waals surface area contributed by atoms with Gasteiger partial charge in [-0.05, 0) is 33.0 Å². The number of nitrogens with zero attached hydrogens (tertiary/aromatic N) is 1. The van der Waals surface area contributed by atoms with Crippen LogP contribution in [0.2, 0.25) is 0 Å². The summed E-state index contributed by atoms with van der Waals surface area (Å²) in [5.41, 5.74) is 0. The largest absolute Gasteiger partial charge is 0.383 e. The van der Waals surface area contributed by atoms with Crippen molar-refractivity contribution in [1.29, 1.82) is 0 Å². The standard InChI is InChI=1S/C11H22N2OS2/c1-9(7-14-4)12-10(15)13-5-6-16-11(2,3)8-13/h9H,5-8H2,1-4H3,(H,12,15). The zero-order valence-corrected chi connectivity index (χ0v) is 12.2. The molecule has 0 aromatic carbocycles. The minimum atomic E-state index is 0.273. The molecule has 0 saturated carbocycles. The minimum Gasteiger partial charge on any atom is -0.383 e. The van der Waals surface area contributed by atoms with Gasteiger partial charge in [0.05, 0.1) is 6.61 Å². The monoisotopic (exact) mass is 262 g/mol. The van der Waals surface area contributed by atoms with Crippen LogP contribution >= 0.6 is 24.0 Å². The van der Waals surface area contributed by atoms with Crippen molar-refractivity contribution in [3.8, 4) is 0 Å². The Morgan fingerprint density at radius 1 is 1.62 bits per heavy atom. The first-order valence-corrected chi connectivity index (χ1v) is 7.02. The zero-order chi connectivity index (χ0) is 12.2. The third kappa shape index (κ3) is 4.47. The molecule has 0 aliphatic carbocycles. The van der Waals surface area contributed by atoms with Crippen molar-refractivity contribution in [2.24, 2.45) is 0 Å². The molecule has 1 rings (SSSR count). The molecule has 94 valence electrons. The average molecular weight is 262 g/mol. The second kappa shape index (κ2) is 6.07. The van der Waals surface area contributed by atoms with E-state index in [0.29, 0.717) is 11.4 Å². The van der Waals surface area contributed by atoms with Gasteiger partial charge in [0.25, 0.3) is 0 Å². The van der Waals surface area contributed by atoms with Crippen molar-refractivity contribution < 1.29 is 4.74 Å². The highest BCUT2D eigenvalue weighted by Gasteiger charge is 2.28. The molecular weight excluding hydrogens is 240 g/mol. The van der Waals surface area contributed by atoms with Gasteiger partial charge < -0.3 is 15.0 Å². The summed E-state index contributed by atoms with van der Waals surface area (Å²) < 4.78 is 5.39. The normalized spacial score (nSPS) is 21.6. The highest BCUT2D eigenvalue weighted by molar-refractivity contribution is 8.00. The fraction of sp³-hybridized carbons (Fsp3) is 0.909. The third-order valence-corrected chi connectivity index (χ3v) is 4.17. The van der Waals surface area contributed by atoms with E-state index in [0.717, 1.165) is 24.0 Å². The molecule has 1 saturated heterocycles. The molecule has 0 aromatic heterocycles. The zero-order valence-electron chi connectivity index (χ0n) is 10.6. The molecule has 3 nitrogen and oxygen atoms in total. The lowest BCUT2D eigenvalue weighted by Gasteiger charge is -2.39. The van der Waals surface area contributed by atoms with E-state index in [2.05, 4.69) is 31.0 Å². The summed E-state index contributed by atoms with van der Waals surface area (Å²) in [5.74, 6) is 1.15. The lowest BCUT2D eigenvalue weighted by molar-refractivity contribution is 0.177. The van der Waals surface area contributed by atoms with Crippen molar-refractivity contribution in [1.82, 2.24) is 10.2 Å². The SMILES string of the molecule is COCC(C)NC(=S)N1CCSC(C)(C)C1. The van der Waals surface area contributed by atoms with Crippen LogP contribution in [0.3, 0.4) is 0 Å².